The smallest absolute Gasteiger partial charge is 0.0707 e. The van der Waals surface area contributed by atoms with Crippen molar-refractivity contribution >= 4 is 12.4 Å². The highest BCUT2D eigenvalue weighted by atomic mass is 35.5. The van der Waals surface area contributed by atoms with Gasteiger partial charge in [0.2, 0.25) is 0 Å². The molecule has 2 bridgehead atoms. The quantitative estimate of drug-likeness (QED) is 0.681. The maximum absolute atomic E-state index is 5.69. The summed E-state index contributed by atoms with van der Waals surface area (Å²) in [6, 6.07) is 0. The summed E-state index contributed by atoms with van der Waals surface area (Å²) >= 11 is 0. The number of hydrogen-bond donors (Lipinski definition) is 1. The molecular formula is C8H17ClN2O. The van der Waals surface area contributed by atoms with E-state index in [1.54, 1.807) is 0 Å². The molecule has 2 rings (SSSR count). The fourth-order valence-electron chi connectivity index (χ4n) is 2.06. The van der Waals surface area contributed by atoms with Gasteiger partial charge in [0.05, 0.1) is 12.2 Å². The number of ether oxygens (including phenoxy) is 1. The number of halogens is 1. The molecule has 4 heteroatoms. The van der Waals surface area contributed by atoms with Crippen LogP contribution in [0.3, 0.4) is 0 Å². The van der Waals surface area contributed by atoms with Crippen LogP contribution >= 0.6 is 12.4 Å². The average Bonchev–Trinajstić information content (AvgIpc) is 2.32. The van der Waals surface area contributed by atoms with Gasteiger partial charge >= 0.3 is 0 Å². The van der Waals surface area contributed by atoms with E-state index in [0.29, 0.717) is 12.2 Å². The molecule has 0 spiro atoms. The Balaban J connectivity index is 0.000000720. The highest BCUT2D eigenvalue weighted by Gasteiger charge is 2.32. The van der Waals surface area contributed by atoms with E-state index in [9.17, 15) is 0 Å². The van der Waals surface area contributed by atoms with Gasteiger partial charge < -0.3 is 10.5 Å². The van der Waals surface area contributed by atoms with Gasteiger partial charge in [-0.25, -0.2) is 0 Å². The Morgan fingerprint density at radius 3 is 2.33 bits per heavy atom. The predicted molar refractivity (Wildman–Crippen MR) is 50.6 cm³/mol. The Kier molecular flexibility index (Phi) is 3.77. The van der Waals surface area contributed by atoms with Crippen molar-refractivity contribution in [1.29, 1.82) is 0 Å². The van der Waals surface area contributed by atoms with Crippen LogP contribution in [0, 0.1) is 0 Å². The minimum absolute atomic E-state index is 0. The van der Waals surface area contributed by atoms with Crippen molar-refractivity contribution in [2.45, 2.75) is 25.0 Å². The van der Waals surface area contributed by atoms with E-state index >= 15 is 0 Å². The molecule has 2 N–H and O–H groups in total. The zero-order valence-electron chi connectivity index (χ0n) is 7.24. The summed E-state index contributed by atoms with van der Waals surface area (Å²) < 4.78 is 5.69. The van der Waals surface area contributed by atoms with E-state index in [1.165, 1.54) is 12.8 Å². The van der Waals surface area contributed by atoms with Crippen molar-refractivity contribution < 1.29 is 4.74 Å². The molecule has 0 radical (unpaired) electrons. The number of hydrogen-bond acceptors (Lipinski definition) is 3. The molecule has 0 aliphatic carbocycles. The molecule has 2 aliphatic heterocycles. The van der Waals surface area contributed by atoms with E-state index in [2.05, 4.69) is 4.90 Å². The Bertz CT molecular complexity index is 133. The first-order chi connectivity index (χ1) is 5.38. The van der Waals surface area contributed by atoms with E-state index < -0.39 is 0 Å². The van der Waals surface area contributed by atoms with E-state index in [4.69, 9.17) is 10.5 Å². The van der Waals surface area contributed by atoms with Crippen LogP contribution in [-0.4, -0.2) is 43.3 Å². The summed E-state index contributed by atoms with van der Waals surface area (Å²) in [5.41, 5.74) is 5.49. The molecule has 2 atom stereocenters. The number of rotatable bonds is 2. The van der Waals surface area contributed by atoms with Crippen LogP contribution in [0.25, 0.3) is 0 Å². The van der Waals surface area contributed by atoms with E-state index in [1.807, 2.05) is 0 Å². The van der Waals surface area contributed by atoms with E-state index in [0.717, 1.165) is 26.2 Å². The summed E-state index contributed by atoms with van der Waals surface area (Å²) in [5, 5.41) is 0. The van der Waals surface area contributed by atoms with Crippen LogP contribution in [0.4, 0.5) is 0 Å². The van der Waals surface area contributed by atoms with Gasteiger partial charge in [-0.05, 0) is 12.8 Å². The monoisotopic (exact) mass is 192 g/mol. The highest BCUT2D eigenvalue weighted by Crippen LogP contribution is 2.25. The first-order valence-corrected chi connectivity index (χ1v) is 4.46. The second kappa shape index (κ2) is 4.42. The lowest BCUT2D eigenvalue weighted by Gasteiger charge is -2.31. The van der Waals surface area contributed by atoms with Crippen LogP contribution in [-0.2, 0) is 4.74 Å². The average molecular weight is 193 g/mol. The molecule has 3 nitrogen and oxygen atoms in total. The van der Waals surface area contributed by atoms with Crippen LogP contribution in [0.15, 0.2) is 0 Å². The standard InChI is InChI=1S/C8H16N2O.ClH/c9-3-4-10-5-7-1-2-8(6-10)11-7;/h7-8H,1-6,9H2;1H. The lowest BCUT2D eigenvalue weighted by Crippen LogP contribution is -2.44. The molecule has 0 aromatic heterocycles. The summed E-state index contributed by atoms with van der Waals surface area (Å²) in [4.78, 5) is 2.42. The lowest BCUT2D eigenvalue weighted by atomic mass is 10.2. The van der Waals surface area contributed by atoms with Crippen LogP contribution < -0.4 is 5.73 Å². The van der Waals surface area contributed by atoms with Gasteiger partial charge in [0.1, 0.15) is 0 Å². The SMILES string of the molecule is Cl.NCCN1CC2CCC(C1)O2. The molecule has 0 aromatic carbocycles. The highest BCUT2D eigenvalue weighted by molar-refractivity contribution is 5.85. The van der Waals surface area contributed by atoms with Gasteiger partial charge in [-0.2, -0.15) is 0 Å². The second-order valence-electron chi connectivity index (χ2n) is 3.51. The molecule has 0 aromatic rings. The molecular weight excluding hydrogens is 176 g/mol. The molecule has 2 heterocycles. The van der Waals surface area contributed by atoms with Gasteiger partial charge in [0.25, 0.3) is 0 Å². The number of nitrogens with zero attached hydrogens (tertiary/aromatic N) is 1. The Hall–Kier alpha value is 0.170. The third-order valence-corrected chi connectivity index (χ3v) is 2.56. The predicted octanol–water partition coefficient (Wildman–Crippen LogP) is 0.230. The molecule has 2 aliphatic rings. The molecule has 2 fully saturated rings. The fraction of sp³-hybridized carbons (Fsp3) is 1.00. The Labute approximate surface area is 79.6 Å². The van der Waals surface area contributed by atoms with Crippen molar-refractivity contribution in [2.24, 2.45) is 5.73 Å². The van der Waals surface area contributed by atoms with Crippen LogP contribution in [0.5, 0.6) is 0 Å². The summed E-state index contributed by atoms with van der Waals surface area (Å²) in [5.74, 6) is 0. The number of likely N-dealkylation sites (tertiary alicyclic amines) is 1. The molecule has 2 saturated heterocycles. The minimum Gasteiger partial charge on any atom is -0.372 e. The van der Waals surface area contributed by atoms with Crippen molar-refractivity contribution in [3.63, 3.8) is 0 Å². The second-order valence-corrected chi connectivity index (χ2v) is 3.51. The van der Waals surface area contributed by atoms with Gasteiger partial charge in [-0.3, -0.25) is 4.90 Å². The zero-order valence-corrected chi connectivity index (χ0v) is 8.05. The third-order valence-electron chi connectivity index (χ3n) is 2.56. The molecule has 72 valence electrons. The first kappa shape index (κ1) is 10.3. The molecule has 12 heavy (non-hydrogen) atoms. The zero-order chi connectivity index (χ0) is 7.68. The lowest BCUT2D eigenvalue weighted by molar-refractivity contribution is -0.0370. The number of nitrogens with two attached hydrogens (primary N) is 1. The van der Waals surface area contributed by atoms with Gasteiger partial charge in [-0.1, -0.05) is 0 Å². The minimum atomic E-state index is 0. The number of morpholine rings is 1. The molecule has 0 saturated carbocycles. The molecule has 0 amide bonds. The van der Waals surface area contributed by atoms with Gasteiger partial charge in [-0.15, -0.1) is 12.4 Å². The largest absolute Gasteiger partial charge is 0.372 e. The maximum atomic E-state index is 5.69. The number of fused-ring (bicyclic) bond motifs is 2. The topological polar surface area (TPSA) is 38.5 Å². The summed E-state index contributed by atoms with van der Waals surface area (Å²) in [7, 11) is 0. The molecule has 2 unspecified atom stereocenters. The van der Waals surface area contributed by atoms with E-state index in [-0.39, 0.29) is 12.4 Å². The van der Waals surface area contributed by atoms with Crippen LogP contribution in [0.2, 0.25) is 0 Å². The third kappa shape index (κ3) is 2.10. The van der Waals surface area contributed by atoms with Crippen LogP contribution in [0.1, 0.15) is 12.8 Å². The Morgan fingerprint density at radius 1 is 1.25 bits per heavy atom. The maximum Gasteiger partial charge on any atom is 0.0707 e. The Morgan fingerprint density at radius 2 is 1.83 bits per heavy atom. The normalized spacial score (nSPS) is 34.8. The summed E-state index contributed by atoms with van der Waals surface area (Å²) in [6.07, 6.45) is 3.54. The van der Waals surface area contributed by atoms with Crippen molar-refractivity contribution in [2.75, 3.05) is 26.2 Å². The van der Waals surface area contributed by atoms with Crippen molar-refractivity contribution in [3.05, 3.63) is 0 Å². The van der Waals surface area contributed by atoms with Gasteiger partial charge in [0, 0.05) is 26.2 Å². The fourth-order valence-corrected chi connectivity index (χ4v) is 2.06. The summed E-state index contributed by atoms with van der Waals surface area (Å²) in [6.45, 7) is 4.03. The van der Waals surface area contributed by atoms with Gasteiger partial charge in [0.15, 0.2) is 0 Å². The van der Waals surface area contributed by atoms with Crippen molar-refractivity contribution in [1.82, 2.24) is 4.90 Å². The first-order valence-electron chi connectivity index (χ1n) is 4.46. The van der Waals surface area contributed by atoms with Crippen molar-refractivity contribution in [3.8, 4) is 0 Å².